The molecule has 2 unspecified atom stereocenters. The third-order valence-corrected chi connectivity index (χ3v) is 3.58. The molecule has 0 radical (unpaired) electrons. The van der Waals surface area contributed by atoms with Crippen LogP contribution in [-0.4, -0.2) is 48.3 Å². The van der Waals surface area contributed by atoms with Crippen molar-refractivity contribution in [3.8, 4) is 0 Å². The molecule has 0 heterocycles. The zero-order valence-electron chi connectivity index (χ0n) is 9.99. The monoisotopic (exact) mass is 215 g/mol. The first-order valence-corrected chi connectivity index (χ1v) is 5.38. The highest BCUT2D eigenvalue weighted by molar-refractivity contribution is 5.78. The van der Waals surface area contributed by atoms with Crippen LogP contribution in [0.1, 0.15) is 26.7 Å². The standard InChI is InChI=1S/C11H21NO3/c1-8(9-5-6-9)12(3)11(2,7-15-4)10(13)14/h8-9H,5-7H2,1-4H3,(H,13,14). The minimum atomic E-state index is -0.920. The number of methoxy groups -OCH3 is 1. The molecule has 1 rings (SSSR count). The van der Waals surface area contributed by atoms with Crippen LogP contribution in [0.3, 0.4) is 0 Å². The van der Waals surface area contributed by atoms with E-state index < -0.39 is 11.5 Å². The van der Waals surface area contributed by atoms with Crippen LogP contribution in [0, 0.1) is 5.92 Å². The summed E-state index contributed by atoms with van der Waals surface area (Å²) in [5.41, 5.74) is -0.920. The summed E-state index contributed by atoms with van der Waals surface area (Å²) in [5.74, 6) is -0.162. The molecule has 0 aromatic rings. The van der Waals surface area contributed by atoms with Gasteiger partial charge in [0.1, 0.15) is 5.54 Å². The smallest absolute Gasteiger partial charge is 0.326 e. The molecule has 0 amide bonds. The lowest BCUT2D eigenvalue weighted by Crippen LogP contribution is -2.57. The highest BCUT2D eigenvalue weighted by atomic mass is 16.5. The summed E-state index contributed by atoms with van der Waals surface area (Å²) >= 11 is 0. The molecule has 4 heteroatoms. The lowest BCUT2D eigenvalue weighted by Gasteiger charge is -2.38. The van der Waals surface area contributed by atoms with Gasteiger partial charge in [-0.1, -0.05) is 0 Å². The molecule has 1 saturated carbocycles. The van der Waals surface area contributed by atoms with Crippen LogP contribution < -0.4 is 0 Å². The number of hydrogen-bond acceptors (Lipinski definition) is 3. The van der Waals surface area contributed by atoms with Gasteiger partial charge in [0.05, 0.1) is 6.61 Å². The average molecular weight is 215 g/mol. The van der Waals surface area contributed by atoms with Crippen LogP contribution in [0.25, 0.3) is 0 Å². The Morgan fingerprint density at radius 1 is 1.67 bits per heavy atom. The maximum atomic E-state index is 11.3. The summed E-state index contributed by atoms with van der Waals surface area (Å²) in [4.78, 5) is 13.2. The second-order valence-corrected chi connectivity index (χ2v) is 4.70. The molecule has 0 spiro atoms. The van der Waals surface area contributed by atoms with Crippen molar-refractivity contribution in [1.82, 2.24) is 4.90 Å². The summed E-state index contributed by atoms with van der Waals surface area (Å²) < 4.78 is 5.02. The molecule has 1 aliphatic rings. The van der Waals surface area contributed by atoms with Crippen LogP contribution in [-0.2, 0) is 9.53 Å². The zero-order valence-corrected chi connectivity index (χ0v) is 9.99. The van der Waals surface area contributed by atoms with Crippen molar-refractivity contribution in [1.29, 1.82) is 0 Å². The molecule has 0 saturated heterocycles. The van der Waals surface area contributed by atoms with Gasteiger partial charge < -0.3 is 9.84 Å². The molecule has 4 nitrogen and oxygen atoms in total. The maximum Gasteiger partial charge on any atom is 0.326 e. The number of hydrogen-bond donors (Lipinski definition) is 1. The van der Waals surface area contributed by atoms with Crippen LogP contribution in [0.2, 0.25) is 0 Å². The molecule has 0 aromatic carbocycles. The van der Waals surface area contributed by atoms with E-state index in [1.54, 1.807) is 6.92 Å². The van der Waals surface area contributed by atoms with Gasteiger partial charge in [-0.15, -0.1) is 0 Å². The summed E-state index contributed by atoms with van der Waals surface area (Å²) in [7, 11) is 3.41. The number of likely N-dealkylation sites (N-methyl/N-ethyl adjacent to an activating group) is 1. The summed E-state index contributed by atoms with van der Waals surface area (Å²) in [6.45, 7) is 4.03. The highest BCUT2D eigenvalue weighted by Gasteiger charge is 2.43. The van der Waals surface area contributed by atoms with E-state index in [1.807, 2.05) is 11.9 Å². The lowest BCUT2D eigenvalue weighted by atomic mass is 9.98. The zero-order chi connectivity index (χ0) is 11.6. The first-order valence-electron chi connectivity index (χ1n) is 5.38. The minimum absolute atomic E-state index is 0.218. The molecular weight excluding hydrogens is 194 g/mol. The minimum Gasteiger partial charge on any atom is -0.480 e. The molecule has 0 bridgehead atoms. The van der Waals surface area contributed by atoms with Gasteiger partial charge in [-0.05, 0) is 39.7 Å². The fourth-order valence-electron chi connectivity index (χ4n) is 1.94. The van der Waals surface area contributed by atoms with E-state index in [0.29, 0.717) is 12.0 Å². The second kappa shape index (κ2) is 4.49. The van der Waals surface area contributed by atoms with Crippen molar-refractivity contribution in [3.63, 3.8) is 0 Å². The van der Waals surface area contributed by atoms with Gasteiger partial charge in [0.15, 0.2) is 0 Å². The Morgan fingerprint density at radius 2 is 2.20 bits per heavy atom. The Kier molecular flexibility index (Phi) is 3.73. The van der Waals surface area contributed by atoms with Gasteiger partial charge in [-0.2, -0.15) is 0 Å². The van der Waals surface area contributed by atoms with Crippen molar-refractivity contribution < 1.29 is 14.6 Å². The maximum absolute atomic E-state index is 11.3. The van der Waals surface area contributed by atoms with Crippen LogP contribution in [0.15, 0.2) is 0 Å². The normalized spacial score (nSPS) is 22.5. The molecule has 15 heavy (non-hydrogen) atoms. The molecule has 1 aliphatic carbocycles. The van der Waals surface area contributed by atoms with E-state index in [1.165, 1.54) is 20.0 Å². The van der Waals surface area contributed by atoms with Crippen molar-refractivity contribution in [2.75, 3.05) is 20.8 Å². The number of ether oxygens (including phenoxy) is 1. The van der Waals surface area contributed by atoms with E-state index in [0.717, 1.165) is 0 Å². The molecule has 1 N–H and O–H groups in total. The molecular formula is C11H21NO3. The van der Waals surface area contributed by atoms with Crippen LogP contribution in [0.4, 0.5) is 0 Å². The number of aliphatic carboxylic acids is 1. The molecule has 0 aliphatic heterocycles. The number of rotatable bonds is 6. The average Bonchev–Trinajstić information content (AvgIpc) is 2.98. The predicted octanol–water partition coefficient (Wildman–Crippen LogP) is 1.21. The fourth-order valence-corrected chi connectivity index (χ4v) is 1.94. The second-order valence-electron chi connectivity index (χ2n) is 4.70. The first kappa shape index (κ1) is 12.5. The van der Waals surface area contributed by atoms with Gasteiger partial charge in [-0.25, -0.2) is 0 Å². The quantitative estimate of drug-likeness (QED) is 0.723. The Morgan fingerprint density at radius 3 is 2.53 bits per heavy atom. The van der Waals surface area contributed by atoms with Crippen molar-refractivity contribution in [3.05, 3.63) is 0 Å². The summed E-state index contributed by atoms with van der Waals surface area (Å²) in [6.07, 6.45) is 2.43. The van der Waals surface area contributed by atoms with E-state index >= 15 is 0 Å². The van der Waals surface area contributed by atoms with E-state index in [9.17, 15) is 9.90 Å². The third kappa shape index (κ3) is 2.49. The van der Waals surface area contributed by atoms with Crippen LogP contribution in [0.5, 0.6) is 0 Å². The Hall–Kier alpha value is -0.610. The largest absolute Gasteiger partial charge is 0.480 e. The van der Waals surface area contributed by atoms with E-state index in [2.05, 4.69) is 6.92 Å². The Balaban J connectivity index is 2.73. The SMILES string of the molecule is COCC(C)(C(=O)O)N(C)C(C)C1CC1. The number of carboxylic acid groups (broad SMARTS) is 1. The summed E-state index contributed by atoms with van der Waals surface area (Å²) in [6, 6.07) is 0.307. The first-order chi connectivity index (χ1) is 6.93. The number of carboxylic acids is 1. The molecule has 2 atom stereocenters. The van der Waals surface area contributed by atoms with E-state index in [4.69, 9.17) is 4.74 Å². The molecule has 88 valence electrons. The van der Waals surface area contributed by atoms with Gasteiger partial charge in [-0.3, -0.25) is 9.69 Å². The number of carbonyl (C=O) groups is 1. The Bertz CT molecular complexity index is 240. The van der Waals surface area contributed by atoms with Gasteiger partial charge in [0.2, 0.25) is 0 Å². The topological polar surface area (TPSA) is 49.8 Å². The predicted molar refractivity (Wildman–Crippen MR) is 57.9 cm³/mol. The highest BCUT2D eigenvalue weighted by Crippen LogP contribution is 2.36. The molecule has 0 aromatic heterocycles. The van der Waals surface area contributed by atoms with Crippen molar-refractivity contribution >= 4 is 5.97 Å². The van der Waals surface area contributed by atoms with Gasteiger partial charge in [0, 0.05) is 13.2 Å². The fraction of sp³-hybridized carbons (Fsp3) is 0.909. The van der Waals surface area contributed by atoms with Gasteiger partial charge >= 0.3 is 5.97 Å². The number of nitrogens with zero attached hydrogens (tertiary/aromatic N) is 1. The lowest BCUT2D eigenvalue weighted by molar-refractivity contribution is -0.155. The van der Waals surface area contributed by atoms with Crippen molar-refractivity contribution in [2.24, 2.45) is 5.92 Å². The van der Waals surface area contributed by atoms with Crippen molar-refractivity contribution in [2.45, 2.75) is 38.3 Å². The summed E-state index contributed by atoms with van der Waals surface area (Å²) in [5, 5.41) is 9.26. The Labute approximate surface area is 91.2 Å². The van der Waals surface area contributed by atoms with E-state index in [-0.39, 0.29) is 6.61 Å². The third-order valence-electron chi connectivity index (χ3n) is 3.58. The van der Waals surface area contributed by atoms with Crippen LogP contribution >= 0.6 is 0 Å². The molecule has 1 fully saturated rings. The van der Waals surface area contributed by atoms with Gasteiger partial charge in [0.25, 0.3) is 0 Å².